The Morgan fingerprint density at radius 2 is 1.68 bits per heavy atom. The summed E-state index contributed by atoms with van der Waals surface area (Å²) in [6, 6.07) is 10.7. The number of carbonyl (C=O) groups is 1. The lowest BCUT2D eigenvalue weighted by molar-refractivity contribution is -0.286. The first-order chi connectivity index (χ1) is 14.6. The second kappa shape index (κ2) is 8.06. The summed E-state index contributed by atoms with van der Waals surface area (Å²) < 4.78 is 61.8. The number of fused-ring (bicyclic) bond motifs is 1. The summed E-state index contributed by atoms with van der Waals surface area (Å²) in [5.41, 5.74) is 1.27. The van der Waals surface area contributed by atoms with E-state index in [2.05, 4.69) is 14.8 Å². The molecule has 166 valence electrons. The lowest BCUT2D eigenvalue weighted by Gasteiger charge is -2.33. The maximum atomic E-state index is 13.1. The molecular formula is C20H21F2N3O5S. The Hall–Kier alpha value is -2.76. The number of halogens is 2. The average molecular weight is 453 g/mol. The molecule has 0 saturated carbocycles. The molecule has 0 radical (unpaired) electrons. The third kappa shape index (κ3) is 4.78. The predicted octanol–water partition coefficient (Wildman–Crippen LogP) is 2.26. The van der Waals surface area contributed by atoms with Gasteiger partial charge in [0.05, 0.1) is 11.4 Å². The van der Waals surface area contributed by atoms with E-state index in [-0.39, 0.29) is 41.9 Å². The van der Waals surface area contributed by atoms with Crippen molar-refractivity contribution in [2.75, 3.05) is 38.0 Å². The van der Waals surface area contributed by atoms with Crippen LogP contribution in [0, 0.1) is 6.92 Å². The molecule has 4 rings (SSSR count). The van der Waals surface area contributed by atoms with Crippen LogP contribution < -0.4 is 14.8 Å². The number of nitrogens with zero attached hydrogens (tertiary/aromatic N) is 2. The SMILES string of the molecule is Cc1ccc(S(=O)(=O)N2CCN(CC(=O)Nc3ccc4c(c3)OC(F)(F)O4)CC2)cc1. The van der Waals surface area contributed by atoms with Crippen LogP contribution in [-0.4, -0.2) is 62.5 Å². The first-order valence-corrected chi connectivity index (χ1v) is 11.1. The van der Waals surface area contributed by atoms with E-state index in [4.69, 9.17) is 0 Å². The van der Waals surface area contributed by atoms with Gasteiger partial charge < -0.3 is 14.8 Å². The van der Waals surface area contributed by atoms with E-state index in [1.807, 2.05) is 11.8 Å². The molecule has 1 fully saturated rings. The zero-order valence-corrected chi connectivity index (χ0v) is 17.5. The second-order valence-electron chi connectivity index (χ2n) is 7.37. The Morgan fingerprint density at radius 1 is 1.03 bits per heavy atom. The van der Waals surface area contributed by atoms with E-state index in [1.54, 1.807) is 24.3 Å². The third-order valence-electron chi connectivity index (χ3n) is 5.04. The van der Waals surface area contributed by atoms with E-state index in [1.165, 1.54) is 22.5 Å². The predicted molar refractivity (Wildman–Crippen MR) is 108 cm³/mol. The summed E-state index contributed by atoms with van der Waals surface area (Å²) in [5.74, 6) is -0.605. The van der Waals surface area contributed by atoms with Crippen molar-refractivity contribution in [3.05, 3.63) is 48.0 Å². The van der Waals surface area contributed by atoms with Crippen molar-refractivity contribution in [1.82, 2.24) is 9.21 Å². The molecule has 2 heterocycles. The quantitative estimate of drug-likeness (QED) is 0.747. The van der Waals surface area contributed by atoms with Crippen LogP contribution in [0.15, 0.2) is 47.4 Å². The number of hydrogen-bond acceptors (Lipinski definition) is 6. The topological polar surface area (TPSA) is 88.2 Å². The normalized spacial score (nSPS) is 18.7. The van der Waals surface area contributed by atoms with Crippen LogP contribution in [-0.2, 0) is 14.8 Å². The molecule has 11 heteroatoms. The number of alkyl halides is 2. The summed E-state index contributed by atoms with van der Waals surface area (Å²) in [6.07, 6.45) is -3.72. The Balaban J connectivity index is 1.30. The van der Waals surface area contributed by atoms with Gasteiger partial charge in [0, 0.05) is 37.9 Å². The number of aryl methyl sites for hydroxylation is 1. The molecule has 0 aliphatic carbocycles. The second-order valence-corrected chi connectivity index (χ2v) is 9.31. The number of benzene rings is 2. The maximum Gasteiger partial charge on any atom is 0.586 e. The molecule has 2 aliphatic heterocycles. The van der Waals surface area contributed by atoms with Gasteiger partial charge >= 0.3 is 6.29 Å². The monoisotopic (exact) mass is 453 g/mol. The van der Waals surface area contributed by atoms with Crippen molar-refractivity contribution in [2.45, 2.75) is 18.1 Å². The molecule has 1 saturated heterocycles. The summed E-state index contributed by atoms with van der Waals surface area (Å²) in [7, 11) is -3.58. The highest BCUT2D eigenvalue weighted by atomic mass is 32.2. The summed E-state index contributed by atoms with van der Waals surface area (Å²) in [4.78, 5) is 14.4. The molecule has 8 nitrogen and oxygen atoms in total. The maximum absolute atomic E-state index is 13.1. The van der Waals surface area contributed by atoms with Crippen LogP contribution in [0.25, 0.3) is 0 Å². The van der Waals surface area contributed by atoms with Crippen molar-refractivity contribution >= 4 is 21.6 Å². The fourth-order valence-electron chi connectivity index (χ4n) is 3.42. The van der Waals surface area contributed by atoms with E-state index in [0.717, 1.165) is 5.56 Å². The van der Waals surface area contributed by atoms with Gasteiger partial charge in [-0.1, -0.05) is 17.7 Å². The average Bonchev–Trinajstić information content (AvgIpc) is 3.01. The molecule has 0 spiro atoms. The number of hydrogen-bond donors (Lipinski definition) is 1. The van der Waals surface area contributed by atoms with Crippen molar-refractivity contribution in [2.24, 2.45) is 0 Å². The molecule has 31 heavy (non-hydrogen) atoms. The van der Waals surface area contributed by atoms with E-state index in [0.29, 0.717) is 18.8 Å². The summed E-state index contributed by atoms with van der Waals surface area (Å²) in [6.45, 7) is 3.25. The van der Waals surface area contributed by atoms with Crippen molar-refractivity contribution < 1.29 is 31.5 Å². The van der Waals surface area contributed by atoms with Crippen LogP contribution in [0.3, 0.4) is 0 Å². The molecule has 2 aromatic carbocycles. The molecule has 0 unspecified atom stereocenters. The highest BCUT2D eigenvalue weighted by Gasteiger charge is 2.43. The highest BCUT2D eigenvalue weighted by molar-refractivity contribution is 7.89. The van der Waals surface area contributed by atoms with Gasteiger partial charge in [-0.2, -0.15) is 4.31 Å². The number of nitrogens with one attached hydrogen (secondary N) is 1. The lowest BCUT2D eigenvalue weighted by Crippen LogP contribution is -2.50. The Morgan fingerprint density at radius 3 is 2.35 bits per heavy atom. The van der Waals surface area contributed by atoms with Crippen molar-refractivity contribution in [3.63, 3.8) is 0 Å². The van der Waals surface area contributed by atoms with E-state index < -0.39 is 16.3 Å². The zero-order chi connectivity index (χ0) is 22.2. The number of piperazine rings is 1. The number of carbonyl (C=O) groups excluding carboxylic acids is 1. The first-order valence-electron chi connectivity index (χ1n) is 9.61. The van der Waals surface area contributed by atoms with Crippen LogP contribution in [0.1, 0.15) is 5.56 Å². The number of ether oxygens (including phenoxy) is 2. The number of sulfonamides is 1. The Kier molecular flexibility index (Phi) is 5.58. The minimum atomic E-state index is -3.72. The first kappa shape index (κ1) is 21.5. The van der Waals surface area contributed by atoms with E-state index in [9.17, 15) is 22.0 Å². The fraction of sp³-hybridized carbons (Fsp3) is 0.350. The third-order valence-corrected chi connectivity index (χ3v) is 6.96. The standard InChI is InChI=1S/C20H21F2N3O5S/c1-14-2-5-16(6-3-14)31(27,28)25-10-8-24(9-11-25)13-19(26)23-15-4-7-17-18(12-15)30-20(21,22)29-17/h2-7,12H,8-11,13H2,1H3,(H,23,26). The smallest absolute Gasteiger partial charge is 0.395 e. The fourth-order valence-corrected chi connectivity index (χ4v) is 4.84. The van der Waals surface area contributed by atoms with Crippen LogP contribution in [0.5, 0.6) is 11.5 Å². The number of amides is 1. The molecule has 2 aliphatic rings. The van der Waals surface area contributed by atoms with Gasteiger partial charge in [-0.25, -0.2) is 8.42 Å². The van der Waals surface area contributed by atoms with Crippen molar-refractivity contribution in [3.8, 4) is 11.5 Å². The minimum absolute atomic E-state index is 0.0447. The van der Waals surface area contributed by atoms with Crippen LogP contribution in [0.2, 0.25) is 0 Å². The van der Waals surface area contributed by atoms with Gasteiger partial charge in [-0.05, 0) is 31.2 Å². The van der Waals surface area contributed by atoms with Gasteiger partial charge in [0.25, 0.3) is 0 Å². The zero-order valence-electron chi connectivity index (χ0n) is 16.7. The Bertz CT molecular complexity index is 1080. The lowest BCUT2D eigenvalue weighted by atomic mass is 10.2. The van der Waals surface area contributed by atoms with Gasteiger partial charge in [0.15, 0.2) is 11.5 Å². The Labute approximate surface area is 178 Å². The number of anilines is 1. The molecule has 1 N–H and O–H groups in total. The molecule has 0 atom stereocenters. The van der Waals surface area contributed by atoms with Gasteiger partial charge in [-0.3, -0.25) is 9.69 Å². The molecule has 0 aromatic heterocycles. The van der Waals surface area contributed by atoms with E-state index >= 15 is 0 Å². The molecule has 1 amide bonds. The summed E-state index contributed by atoms with van der Waals surface area (Å²) >= 11 is 0. The summed E-state index contributed by atoms with van der Waals surface area (Å²) in [5, 5.41) is 2.63. The van der Waals surface area contributed by atoms with Gasteiger partial charge in [0.2, 0.25) is 15.9 Å². The molecular weight excluding hydrogens is 432 g/mol. The van der Waals surface area contributed by atoms with Crippen molar-refractivity contribution in [1.29, 1.82) is 0 Å². The van der Waals surface area contributed by atoms with Crippen LogP contribution in [0.4, 0.5) is 14.5 Å². The minimum Gasteiger partial charge on any atom is -0.395 e. The molecule has 2 aromatic rings. The highest BCUT2D eigenvalue weighted by Crippen LogP contribution is 2.42. The van der Waals surface area contributed by atoms with Gasteiger partial charge in [0.1, 0.15) is 0 Å². The largest absolute Gasteiger partial charge is 0.586 e. The van der Waals surface area contributed by atoms with Crippen LogP contribution >= 0.6 is 0 Å². The molecule has 0 bridgehead atoms. The number of rotatable bonds is 5. The van der Waals surface area contributed by atoms with Gasteiger partial charge in [-0.15, -0.1) is 8.78 Å².